The van der Waals surface area contributed by atoms with Crippen LogP contribution < -0.4 is 10.1 Å². The first-order valence-electron chi connectivity index (χ1n) is 8.07. The number of benzene rings is 3. The highest BCUT2D eigenvalue weighted by molar-refractivity contribution is 6.32. The van der Waals surface area contributed by atoms with E-state index in [0.717, 1.165) is 16.8 Å². The third-order valence-electron chi connectivity index (χ3n) is 3.93. The number of aryl methyl sites for hydroxylation is 1. The third-order valence-corrected chi connectivity index (χ3v) is 4.23. The molecular weight excluding hydrogens is 337 g/mol. The van der Waals surface area contributed by atoms with Gasteiger partial charge in [-0.3, -0.25) is 0 Å². The molecule has 3 aromatic carbocycles. The van der Waals surface area contributed by atoms with Gasteiger partial charge in [0.05, 0.1) is 5.02 Å². The number of hydrogen-bond donors (Lipinski definition) is 1. The van der Waals surface area contributed by atoms with E-state index in [1.165, 1.54) is 17.7 Å². The van der Waals surface area contributed by atoms with E-state index >= 15 is 0 Å². The lowest BCUT2D eigenvalue weighted by Crippen LogP contribution is -2.01. The second-order valence-corrected chi connectivity index (χ2v) is 6.26. The van der Waals surface area contributed by atoms with Crippen LogP contribution in [0.2, 0.25) is 5.02 Å². The molecule has 0 radical (unpaired) electrons. The van der Waals surface area contributed by atoms with Crippen LogP contribution in [-0.4, -0.2) is 0 Å². The maximum atomic E-state index is 12.9. The van der Waals surface area contributed by atoms with E-state index in [2.05, 4.69) is 24.4 Å². The molecule has 0 bridgehead atoms. The van der Waals surface area contributed by atoms with Gasteiger partial charge in [0.15, 0.2) is 0 Å². The molecule has 0 aliphatic carbocycles. The summed E-state index contributed by atoms with van der Waals surface area (Å²) in [5.74, 6) is 0.359. The minimum atomic E-state index is -0.257. The largest absolute Gasteiger partial charge is 0.487 e. The van der Waals surface area contributed by atoms with Crippen molar-refractivity contribution in [2.24, 2.45) is 0 Å². The van der Waals surface area contributed by atoms with E-state index in [0.29, 0.717) is 23.9 Å². The van der Waals surface area contributed by atoms with E-state index in [-0.39, 0.29) is 5.82 Å². The summed E-state index contributed by atoms with van der Waals surface area (Å²) < 4.78 is 18.6. The molecule has 2 nitrogen and oxygen atoms in total. The summed E-state index contributed by atoms with van der Waals surface area (Å²) in [4.78, 5) is 0. The minimum Gasteiger partial charge on any atom is -0.487 e. The molecule has 0 unspecified atom stereocenters. The van der Waals surface area contributed by atoms with Crippen molar-refractivity contribution in [3.05, 3.63) is 94.3 Å². The second-order valence-electron chi connectivity index (χ2n) is 5.85. The summed E-state index contributed by atoms with van der Waals surface area (Å²) in [5, 5.41) is 3.97. The average molecular weight is 356 g/mol. The Morgan fingerprint density at radius 1 is 0.960 bits per heavy atom. The van der Waals surface area contributed by atoms with E-state index in [9.17, 15) is 4.39 Å². The average Bonchev–Trinajstić information content (AvgIpc) is 2.62. The van der Waals surface area contributed by atoms with Crippen molar-refractivity contribution in [3.8, 4) is 5.75 Å². The number of ether oxygens (including phenoxy) is 1. The van der Waals surface area contributed by atoms with E-state index in [1.807, 2.05) is 30.3 Å². The molecule has 25 heavy (non-hydrogen) atoms. The number of anilines is 1. The molecule has 128 valence electrons. The van der Waals surface area contributed by atoms with Gasteiger partial charge in [-0.15, -0.1) is 0 Å². The number of halogens is 2. The maximum absolute atomic E-state index is 12.9. The summed E-state index contributed by atoms with van der Waals surface area (Å²) in [6.45, 7) is 3.10. The molecule has 0 atom stereocenters. The molecule has 3 aromatic rings. The SMILES string of the molecule is Cc1ccccc1NCc1ccc(OCc2ccc(F)cc2)c(Cl)c1. The van der Waals surface area contributed by atoms with Gasteiger partial charge in [0.1, 0.15) is 18.2 Å². The molecule has 0 spiro atoms. The lowest BCUT2D eigenvalue weighted by molar-refractivity contribution is 0.306. The topological polar surface area (TPSA) is 21.3 Å². The van der Waals surface area contributed by atoms with Crippen LogP contribution in [0.4, 0.5) is 10.1 Å². The fraction of sp³-hybridized carbons (Fsp3) is 0.143. The van der Waals surface area contributed by atoms with Crippen LogP contribution in [0.15, 0.2) is 66.7 Å². The molecule has 0 heterocycles. The fourth-order valence-electron chi connectivity index (χ4n) is 2.48. The molecule has 1 N–H and O–H groups in total. The number of para-hydroxylation sites is 1. The Labute approximate surface area is 152 Å². The molecule has 4 heteroatoms. The van der Waals surface area contributed by atoms with Gasteiger partial charge >= 0.3 is 0 Å². The fourth-order valence-corrected chi connectivity index (χ4v) is 2.74. The van der Waals surface area contributed by atoms with Crippen molar-refractivity contribution in [2.45, 2.75) is 20.1 Å². The first kappa shape index (κ1) is 17.3. The van der Waals surface area contributed by atoms with Crippen LogP contribution in [0, 0.1) is 12.7 Å². The summed E-state index contributed by atoms with van der Waals surface area (Å²) in [7, 11) is 0. The van der Waals surface area contributed by atoms with Crippen molar-refractivity contribution < 1.29 is 9.13 Å². The first-order chi connectivity index (χ1) is 12.1. The lowest BCUT2D eigenvalue weighted by Gasteiger charge is -2.12. The van der Waals surface area contributed by atoms with Gasteiger partial charge in [0.25, 0.3) is 0 Å². The smallest absolute Gasteiger partial charge is 0.138 e. The van der Waals surface area contributed by atoms with Gasteiger partial charge in [-0.1, -0.05) is 48.0 Å². The Morgan fingerprint density at radius 2 is 1.68 bits per heavy atom. The molecule has 0 amide bonds. The van der Waals surface area contributed by atoms with Gasteiger partial charge < -0.3 is 10.1 Å². The van der Waals surface area contributed by atoms with Crippen LogP contribution in [-0.2, 0) is 13.2 Å². The van der Waals surface area contributed by atoms with E-state index in [1.54, 1.807) is 12.1 Å². The summed E-state index contributed by atoms with van der Waals surface area (Å²) in [6.07, 6.45) is 0. The summed E-state index contributed by atoms with van der Waals surface area (Å²) in [5.41, 5.74) is 4.27. The molecular formula is C21H19ClFNO. The van der Waals surface area contributed by atoms with Crippen LogP contribution >= 0.6 is 11.6 Å². The summed E-state index contributed by atoms with van der Waals surface area (Å²) in [6, 6.07) is 20.1. The van der Waals surface area contributed by atoms with Crippen molar-refractivity contribution in [1.82, 2.24) is 0 Å². The Kier molecular flexibility index (Phi) is 5.56. The predicted octanol–water partition coefficient (Wildman–Crippen LogP) is 5.98. The molecule has 0 aromatic heterocycles. The number of hydrogen-bond acceptors (Lipinski definition) is 2. The van der Waals surface area contributed by atoms with Crippen LogP contribution in [0.5, 0.6) is 5.75 Å². The second kappa shape index (κ2) is 8.04. The first-order valence-corrected chi connectivity index (χ1v) is 8.45. The maximum Gasteiger partial charge on any atom is 0.138 e. The molecule has 0 fully saturated rings. The standard InChI is InChI=1S/C21H19ClFNO/c1-15-4-2-3-5-20(15)24-13-17-8-11-21(19(22)12-17)25-14-16-6-9-18(23)10-7-16/h2-12,24H,13-14H2,1H3. The normalized spacial score (nSPS) is 10.5. The Bertz CT molecular complexity index is 849. The van der Waals surface area contributed by atoms with Gasteiger partial charge in [-0.05, 0) is 53.9 Å². The minimum absolute atomic E-state index is 0.257. The Hall–Kier alpha value is -2.52. The Morgan fingerprint density at radius 3 is 2.40 bits per heavy atom. The van der Waals surface area contributed by atoms with Crippen molar-refractivity contribution in [2.75, 3.05) is 5.32 Å². The zero-order valence-corrected chi connectivity index (χ0v) is 14.7. The van der Waals surface area contributed by atoms with Crippen LogP contribution in [0.3, 0.4) is 0 Å². The Balaban J connectivity index is 1.60. The van der Waals surface area contributed by atoms with Crippen LogP contribution in [0.25, 0.3) is 0 Å². The van der Waals surface area contributed by atoms with Gasteiger partial charge in [-0.2, -0.15) is 0 Å². The molecule has 0 aliphatic heterocycles. The van der Waals surface area contributed by atoms with E-state index < -0.39 is 0 Å². The molecule has 0 saturated carbocycles. The van der Waals surface area contributed by atoms with E-state index in [4.69, 9.17) is 16.3 Å². The highest BCUT2D eigenvalue weighted by atomic mass is 35.5. The summed E-state index contributed by atoms with van der Waals surface area (Å²) >= 11 is 6.32. The molecule has 3 rings (SSSR count). The van der Waals surface area contributed by atoms with Crippen molar-refractivity contribution in [3.63, 3.8) is 0 Å². The zero-order valence-electron chi connectivity index (χ0n) is 13.9. The number of nitrogens with one attached hydrogen (secondary N) is 1. The van der Waals surface area contributed by atoms with Crippen LogP contribution in [0.1, 0.15) is 16.7 Å². The lowest BCUT2D eigenvalue weighted by atomic mass is 10.1. The van der Waals surface area contributed by atoms with Gasteiger partial charge in [-0.25, -0.2) is 4.39 Å². The molecule has 0 aliphatic rings. The van der Waals surface area contributed by atoms with Gasteiger partial charge in [0, 0.05) is 12.2 Å². The highest BCUT2D eigenvalue weighted by Crippen LogP contribution is 2.27. The monoisotopic (exact) mass is 355 g/mol. The highest BCUT2D eigenvalue weighted by Gasteiger charge is 2.05. The number of rotatable bonds is 6. The van der Waals surface area contributed by atoms with Gasteiger partial charge in [0.2, 0.25) is 0 Å². The zero-order chi connectivity index (χ0) is 17.6. The predicted molar refractivity (Wildman–Crippen MR) is 101 cm³/mol. The molecule has 0 saturated heterocycles. The van der Waals surface area contributed by atoms with Crippen molar-refractivity contribution in [1.29, 1.82) is 0 Å². The quantitative estimate of drug-likeness (QED) is 0.587. The third kappa shape index (κ3) is 4.74. The van der Waals surface area contributed by atoms with Crippen molar-refractivity contribution >= 4 is 17.3 Å².